The van der Waals surface area contributed by atoms with Crippen LogP contribution in [0.5, 0.6) is 0 Å². The van der Waals surface area contributed by atoms with Crippen LogP contribution < -0.4 is 0 Å². The van der Waals surface area contributed by atoms with Crippen LogP contribution in [0.2, 0.25) is 0 Å². The molecule has 1 aromatic rings. The molecule has 1 heterocycles. The van der Waals surface area contributed by atoms with E-state index in [1.54, 1.807) is 0 Å². The van der Waals surface area contributed by atoms with E-state index in [2.05, 4.69) is 11.8 Å². The Labute approximate surface area is 77.5 Å². The Morgan fingerprint density at radius 3 is 2.46 bits per heavy atom. The van der Waals surface area contributed by atoms with Crippen LogP contribution in [-0.2, 0) is 9.47 Å². The molecular weight excluding hydrogens is 164 g/mol. The van der Waals surface area contributed by atoms with Gasteiger partial charge < -0.3 is 9.47 Å². The van der Waals surface area contributed by atoms with Crippen LogP contribution in [-0.4, -0.2) is 19.5 Å². The first kappa shape index (κ1) is 8.31. The molecule has 0 amide bonds. The van der Waals surface area contributed by atoms with Gasteiger partial charge in [0.1, 0.15) is 0 Å². The van der Waals surface area contributed by atoms with E-state index in [-0.39, 0.29) is 6.29 Å². The number of rotatable bonds is 0. The topological polar surface area (TPSA) is 18.5 Å². The molecule has 0 N–H and O–H groups in total. The minimum absolute atomic E-state index is 0.333. The van der Waals surface area contributed by atoms with Crippen LogP contribution in [0.4, 0.5) is 0 Å². The third-order valence-corrected chi connectivity index (χ3v) is 1.73. The molecule has 1 aromatic carbocycles. The molecule has 0 bridgehead atoms. The summed E-state index contributed by atoms with van der Waals surface area (Å²) in [4.78, 5) is 0. The lowest BCUT2D eigenvalue weighted by atomic mass is 10.2. The highest BCUT2D eigenvalue weighted by Gasteiger charge is 2.11. The first-order chi connectivity index (χ1) is 6.45. The third-order valence-electron chi connectivity index (χ3n) is 1.73. The predicted molar refractivity (Wildman–Crippen MR) is 49.0 cm³/mol. The summed E-state index contributed by atoms with van der Waals surface area (Å²) in [7, 11) is 0. The maximum atomic E-state index is 5.18. The fraction of sp³-hybridized carbons (Fsp3) is 0.273. The second-order valence-electron chi connectivity index (χ2n) is 2.71. The molecule has 1 fully saturated rings. The van der Waals surface area contributed by atoms with Gasteiger partial charge in [-0.3, -0.25) is 0 Å². The molecule has 1 aliphatic rings. The largest absolute Gasteiger partial charge is 0.340 e. The van der Waals surface area contributed by atoms with Gasteiger partial charge in [-0.2, -0.15) is 0 Å². The van der Waals surface area contributed by atoms with Crippen LogP contribution in [0.1, 0.15) is 5.56 Å². The predicted octanol–water partition coefficient (Wildman–Crippen LogP) is 1.41. The highest BCUT2D eigenvalue weighted by atomic mass is 16.7. The van der Waals surface area contributed by atoms with Gasteiger partial charge in [0, 0.05) is 5.56 Å². The van der Waals surface area contributed by atoms with Crippen molar-refractivity contribution < 1.29 is 9.47 Å². The quantitative estimate of drug-likeness (QED) is 0.554. The van der Waals surface area contributed by atoms with Crippen molar-refractivity contribution >= 4 is 0 Å². The van der Waals surface area contributed by atoms with E-state index in [1.807, 2.05) is 30.3 Å². The molecule has 2 heteroatoms. The highest BCUT2D eigenvalue weighted by Crippen LogP contribution is 2.02. The van der Waals surface area contributed by atoms with E-state index in [9.17, 15) is 0 Å². The Kier molecular flexibility index (Phi) is 2.61. The van der Waals surface area contributed by atoms with Gasteiger partial charge in [-0.05, 0) is 18.1 Å². The summed E-state index contributed by atoms with van der Waals surface area (Å²) >= 11 is 0. The van der Waals surface area contributed by atoms with Crippen LogP contribution in [0.3, 0.4) is 0 Å². The Morgan fingerprint density at radius 2 is 1.77 bits per heavy atom. The van der Waals surface area contributed by atoms with E-state index in [1.165, 1.54) is 0 Å². The summed E-state index contributed by atoms with van der Waals surface area (Å²) in [6.07, 6.45) is -0.333. The molecule has 0 unspecified atom stereocenters. The summed E-state index contributed by atoms with van der Waals surface area (Å²) in [5.41, 5.74) is 0.988. The van der Waals surface area contributed by atoms with Gasteiger partial charge in [-0.25, -0.2) is 0 Å². The van der Waals surface area contributed by atoms with Crippen LogP contribution >= 0.6 is 0 Å². The number of benzene rings is 1. The molecule has 0 spiro atoms. The standard InChI is InChI=1S/C11H10O2/c1-2-4-10(5-3-1)6-7-11-12-8-9-13-11/h1-5,11H,8-9H2. The second kappa shape index (κ2) is 4.08. The van der Waals surface area contributed by atoms with Gasteiger partial charge in [-0.1, -0.05) is 24.1 Å². The van der Waals surface area contributed by atoms with E-state index < -0.39 is 0 Å². The Balaban J connectivity index is 2.03. The fourth-order valence-electron chi connectivity index (χ4n) is 1.11. The zero-order valence-electron chi connectivity index (χ0n) is 7.19. The molecule has 1 aliphatic heterocycles. The van der Waals surface area contributed by atoms with E-state index in [0.29, 0.717) is 13.2 Å². The minimum atomic E-state index is -0.333. The average Bonchev–Trinajstić information content (AvgIpc) is 2.69. The SMILES string of the molecule is C(#CC1OCCO1)c1ccccc1. The summed E-state index contributed by atoms with van der Waals surface area (Å²) in [5, 5.41) is 0. The van der Waals surface area contributed by atoms with Gasteiger partial charge in [-0.15, -0.1) is 0 Å². The molecule has 0 radical (unpaired) electrons. The van der Waals surface area contributed by atoms with Crippen LogP contribution in [0.15, 0.2) is 30.3 Å². The van der Waals surface area contributed by atoms with E-state index >= 15 is 0 Å². The number of ether oxygens (including phenoxy) is 2. The molecule has 0 aliphatic carbocycles. The molecule has 13 heavy (non-hydrogen) atoms. The van der Waals surface area contributed by atoms with E-state index in [0.717, 1.165) is 5.56 Å². The van der Waals surface area contributed by atoms with Crippen molar-refractivity contribution in [2.75, 3.05) is 13.2 Å². The van der Waals surface area contributed by atoms with Gasteiger partial charge >= 0.3 is 0 Å². The normalized spacial score (nSPS) is 16.6. The molecule has 66 valence electrons. The maximum Gasteiger partial charge on any atom is 0.222 e. The summed E-state index contributed by atoms with van der Waals surface area (Å²) in [6, 6.07) is 9.80. The molecule has 0 atom stereocenters. The maximum absolute atomic E-state index is 5.18. The smallest absolute Gasteiger partial charge is 0.222 e. The summed E-state index contributed by atoms with van der Waals surface area (Å²) in [5.74, 6) is 5.89. The van der Waals surface area contributed by atoms with E-state index in [4.69, 9.17) is 9.47 Å². The lowest BCUT2D eigenvalue weighted by Crippen LogP contribution is -2.02. The van der Waals surface area contributed by atoms with Crippen molar-refractivity contribution in [1.82, 2.24) is 0 Å². The van der Waals surface area contributed by atoms with Crippen molar-refractivity contribution in [3.63, 3.8) is 0 Å². The highest BCUT2D eigenvalue weighted by molar-refractivity contribution is 5.34. The zero-order valence-corrected chi connectivity index (χ0v) is 7.19. The van der Waals surface area contributed by atoms with Crippen LogP contribution in [0.25, 0.3) is 0 Å². The number of hydrogen-bond donors (Lipinski definition) is 0. The second-order valence-corrected chi connectivity index (χ2v) is 2.71. The van der Waals surface area contributed by atoms with Gasteiger partial charge in [0.05, 0.1) is 13.2 Å². The molecular formula is C11H10O2. The van der Waals surface area contributed by atoms with Crippen molar-refractivity contribution in [1.29, 1.82) is 0 Å². The molecule has 2 rings (SSSR count). The molecule has 0 saturated carbocycles. The van der Waals surface area contributed by atoms with Crippen molar-refractivity contribution in [3.05, 3.63) is 35.9 Å². The average molecular weight is 174 g/mol. The first-order valence-corrected chi connectivity index (χ1v) is 4.25. The van der Waals surface area contributed by atoms with Crippen LogP contribution in [0, 0.1) is 11.8 Å². The summed E-state index contributed by atoms with van der Waals surface area (Å²) in [6.45, 7) is 1.29. The summed E-state index contributed by atoms with van der Waals surface area (Å²) < 4.78 is 10.4. The monoisotopic (exact) mass is 174 g/mol. The fourth-order valence-corrected chi connectivity index (χ4v) is 1.11. The third kappa shape index (κ3) is 2.32. The Hall–Kier alpha value is -1.30. The molecule has 1 saturated heterocycles. The number of hydrogen-bond acceptors (Lipinski definition) is 2. The zero-order chi connectivity index (χ0) is 8.93. The first-order valence-electron chi connectivity index (χ1n) is 4.25. The Morgan fingerprint density at radius 1 is 1.08 bits per heavy atom. The molecule has 2 nitrogen and oxygen atoms in total. The lowest BCUT2D eigenvalue weighted by Gasteiger charge is -1.96. The Bertz CT molecular complexity index is 315. The minimum Gasteiger partial charge on any atom is -0.340 e. The van der Waals surface area contributed by atoms with Crippen molar-refractivity contribution in [2.24, 2.45) is 0 Å². The van der Waals surface area contributed by atoms with Gasteiger partial charge in [0.2, 0.25) is 6.29 Å². The molecule has 0 aromatic heterocycles. The van der Waals surface area contributed by atoms with Crippen molar-refractivity contribution in [3.8, 4) is 11.8 Å². The lowest BCUT2D eigenvalue weighted by molar-refractivity contribution is 0.00645. The van der Waals surface area contributed by atoms with Gasteiger partial charge in [0.15, 0.2) is 0 Å². The van der Waals surface area contributed by atoms with Gasteiger partial charge in [0.25, 0.3) is 0 Å². The van der Waals surface area contributed by atoms with Crippen molar-refractivity contribution in [2.45, 2.75) is 6.29 Å².